The van der Waals surface area contributed by atoms with Gasteiger partial charge in [0.1, 0.15) is 12.4 Å². The second-order valence-corrected chi connectivity index (χ2v) is 18.4. The first-order valence-corrected chi connectivity index (χ1v) is 19.8. The predicted octanol–water partition coefficient (Wildman–Crippen LogP) is 9.31. The summed E-state index contributed by atoms with van der Waals surface area (Å²) in [5, 5.41) is 2.68. The van der Waals surface area contributed by atoms with Crippen LogP contribution < -0.4 is 10.1 Å². The Morgan fingerprint density at radius 3 is 1.98 bits per heavy atom. The summed E-state index contributed by atoms with van der Waals surface area (Å²) in [5.41, 5.74) is -2.89. The highest BCUT2D eigenvalue weighted by Gasteiger charge is 2.61. The number of carbonyl (C=O) groups is 4. The number of methoxy groups -OCH3 is 1. The molecule has 0 saturated carbocycles. The van der Waals surface area contributed by atoms with Gasteiger partial charge in [-0.2, -0.15) is 0 Å². The maximum absolute atomic E-state index is 14.3. The van der Waals surface area contributed by atoms with Crippen molar-refractivity contribution in [2.45, 2.75) is 134 Å². The molecule has 1 heterocycles. The van der Waals surface area contributed by atoms with Gasteiger partial charge in [-0.15, -0.1) is 0 Å². The summed E-state index contributed by atoms with van der Waals surface area (Å²) in [5.74, 6) is -0.381. The summed E-state index contributed by atoms with van der Waals surface area (Å²) in [4.78, 5) is 52.1. The Hall–Kier alpha value is -3.60. The molecular formula is C44H71NO10. The Kier molecular flexibility index (Phi) is 17.3. The highest BCUT2D eigenvalue weighted by Crippen LogP contribution is 2.62. The topological polar surface area (TPSA) is 136 Å². The first-order valence-electron chi connectivity index (χ1n) is 19.8. The highest BCUT2D eigenvalue weighted by atomic mass is 16.7. The summed E-state index contributed by atoms with van der Waals surface area (Å²) < 4.78 is 33.3. The summed E-state index contributed by atoms with van der Waals surface area (Å²) in [6, 6.07) is 7.31. The van der Waals surface area contributed by atoms with E-state index in [9.17, 15) is 19.2 Å². The molecule has 1 aliphatic heterocycles. The van der Waals surface area contributed by atoms with Crippen LogP contribution in [0.1, 0.15) is 134 Å². The zero-order chi connectivity index (χ0) is 41.7. The van der Waals surface area contributed by atoms with Crippen molar-refractivity contribution in [3.8, 4) is 5.75 Å². The molecule has 0 bridgehead atoms. The van der Waals surface area contributed by atoms with Gasteiger partial charge >= 0.3 is 24.0 Å². The lowest BCUT2D eigenvalue weighted by atomic mass is 9.45. The molecular weight excluding hydrogens is 702 g/mol. The SMILES string of the molecule is CCC(C)(CC(C)(C(=O)OCCCOc1ccc(C=CC(=O)OC)cc1)C(C)(C)C)C(C)(C)C(C)(CC(C)(C)C)C(=O)OCCNC(=O)OC1CCCCO1. The number of hydrogen-bond donors (Lipinski definition) is 1. The molecule has 2 rings (SSSR count). The molecule has 1 fully saturated rings. The van der Waals surface area contributed by atoms with Gasteiger partial charge < -0.3 is 33.7 Å². The molecule has 1 aromatic rings. The van der Waals surface area contributed by atoms with E-state index < -0.39 is 45.4 Å². The van der Waals surface area contributed by atoms with Crippen molar-refractivity contribution >= 4 is 30.1 Å². The van der Waals surface area contributed by atoms with Gasteiger partial charge in [0.05, 0.1) is 44.3 Å². The van der Waals surface area contributed by atoms with Gasteiger partial charge in [-0.1, -0.05) is 87.8 Å². The van der Waals surface area contributed by atoms with Crippen molar-refractivity contribution in [3.63, 3.8) is 0 Å². The third kappa shape index (κ3) is 13.2. The van der Waals surface area contributed by atoms with Gasteiger partial charge in [-0.3, -0.25) is 9.59 Å². The van der Waals surface area contributed by atoms with E-state index in [-0.39, 0.29) is 37.1 Å². The number of rotatable bonds is 19. The maximum Gasteiger partial charge on any atom is 0.409 e. The summed E-state index contributed by atoms with van der Waals surface area (Å²) in [6.07, 6.45) is 6.65. The van der Waals surface area contributed by atoms with Crippen LogP contribution in [0.15, 0.2) is 30.3 Å². The molecule has 0 radical (unpaired) electrons. The van der Waals surface area contributed by atoms with Gasteiger partial charge in [0, 0.05) is 18.9 Å². The molecule has 312 valence electrons. The van der Waals surface area contributed by atoms with Crippen LogP contribution in [0.5, 0.6) is 5.75 Å². The van der Waals surface area contributed by atoms with Crippen molar-refractivity contribution in [2.24, 2.45) is 32.5 Å². The maximum atomic E-state index is 14.3. The van der Waals surface area contributed by atoms with Gasteiger partial charge in [-0.25, -0.2) is 9.59 Å². The smallest absolute Gasteiger partial charge is 0.409 e. The number of esters is 3. The third-order valence-electron chi connectivity index (χ3n) is 12.1. The van der Waals surface area contributed by atoms with Crippen LogP contribution in [0.2, 0.25) is 0 Å². The number of hydrogen-bond acceptors (Lipinski definition) is 10. The largest absolute Gasteiger partial charge is 0.493 e. The first-order chi connectivity index (χ1) is 25.4. The molecule has 0 spiro atoms. The van der Waals surface area contributed by atoms with E-state index in [0.29, 0.717) is 51.1 Å². The normalized spacial score (nSPS) is 18.6. The number of nitrogens with one attached hydrogen (secondary N) is 1. The Balaban J connectivity index is 2.15. The number of benzene rings is 1. The fourth-order valence-electron chi connectivity index (χ4n) is 7.39. The van der Waals surface area contributed by atoms with Crippen molar-refractivity contribution in [1.29, 1.82) is 0 Å². The van der Waals surface area contributed by atoms with Gasteiger partial charge in [0.2, 0.25) is 6.29 Å². The lowest BCUT2D eigenvalue weighted by Crippen LogP contribution is -2.56. The molecule has 4 unspecified atom stereocenters. The molecule has 4 atom stereocenters. The van der Waals surface area contributed by atoms with E-state index in [4.69, 9.17) is 23.7 Å². The Bertz CT molecular complexity index is 1430. The van der Waals surface area contributed by atoms with E-state index in [0.717, 1.165) is 18.4 Å². The molecule has 55 heavy (non-hydrogen) atoms. The van der Waals surface area contributed by atoms with Crippen molar-refractivity contribution < 1.29 is 47.6 Å². The summed E-state index contributed by atoms with van der Waals surface area (Å²) in [7, 11) is 1.33. The first kappa shape index (κ1) is 47.6. The average molecular weight is 774 g/mol. The van der Waals surface area contributed by atoms with Gasteiger partial charge in [-0.05, 0) is 85.0 Å². The number of ether oxygens (including phenoxy) is 6. The van der Waals surface area contributed by atoms with E-state index >= 15 is 0 Å². The molecule has 1 N–H and O–H groups in total. The minimum atomic E-state index is -0.956. The van der Waals surface area contributed by atoms with Gasteiger partial charge in [0.25, 0.3) is 0 Å². The fraction of sp³-hybridized carbons (Fsp3) is 0.727. The van der Waals surface area contributed by atoms with Crippen molar-refractivity contribution in [2.75, 3.05) is 40.1 Å². The lowest BCUT2D eigenvalue weighted by Gasteiger charge is -2.58. The molecule has 11 nitrogen and oxygen atoms in total. The molecule has 1 saturated heterocycles. The van der Waals surface area contributed by atoms with Crippen LogP contribution >= 0.6 is 0 Å². The number of alkyl carbamates (subject to hydrolysis) is 1. The average Bonchev–Trinajstić information content (AvgIpc) is 3.11. The van der Waals surface area contributed by atoms with E-state index in [1.54, 1.807) is 6.08 Å². The Labute approximate surface area is 330 Å². The Morgan fingerprint density at radius 1 is 0.818 bits per heavy atom. The molecule has 1 aliphatic rings. The third-order valence-corrected chi connectivity index (χ3v) is 12.1. The molecule has 0 aromatic heterocycles. The second kappa shape index (κ2) is 20.0. The van der Waals surface area contributed by atoms with Crippen molar-refractivity contribution in [3.05, 3.63) is 35.9 Å². The minimum Gasteiger partial charge on any atom is -0.493 e. The standard InChI is InChI=1S/C44H71NO10/c1-14-42(10,41(8,9)44(12,30-39(2,3)4)37(48)54-29-25-45-38(49)55-35-18-15-16-26-52-35)31-43(11,40(5,6)7)36(47)53-28-17-27-51-33-22-19-32(20-23-33)21-24-34(46)50-13/h19-24,35H,14-18,25-31H2,1-13H3,(H,45,49). The zero-order valence-electron chi connectivity index (χ0n) is 36.1. The summed E-state index contributed by atoms with van der Waals surface area (Å²) >= 11 is 0. The van der Waals surface area contributed by atoms with Crippen LogP contribution in [-0.2, 0) is 38.1 Å². The molecule has 0 aliphatic carbocycles. The van der Waals surface area contributed by atoms with Crippen LogP contribution in [-0.4, -0.2) is 70.4 Å². The van der Waals surface area contributed by atoms with Crippen LogP contribution in [0.4, 0.5) is 4.79 Å². The Morgan fingerprint density at radius 2 is 1.44 bits per heavy atom. The molecule has 11 heteroatoms. The van der Waals surface area contributed by atoms with Crippen LogP contribution in [0, 0.1) is 32.5 Å². The van der Waals surface area contributed by atoms with E-state index in [2.05, 4.69) is 79.3 Å². The summed E-state index contributed by atoms with van der Waals surface area (Å²) in [6.45, 7) is 26.2. The van der Waals surface area contributed by atoms with Gasteiger partial charge in [0.15, 0.2) is 0 Å². The predicted molar refractivity (Wildman–Crippen MR) is 214 cm³/mol. The van der Waals surface area contributed by atoms with E-state index in [1.165, 1.54) is 13.2 Å². The monoisotopic (exact) mass is 774 g/mol. The lowest BCUT2D eigenvalue weighted by molar-refractivity contribution is -0.183. The van der Waals surface area contributed by atoms with Crippen LogP contribution in [0.25, 0.3) is 6.08 Å². The van der Waals surface area contributed by atoms with Crippen molar-refractivity contribution in [1.82, 2.24) is 5.32 Å². The quantitative estimate of drug-likeness (QED) is 0.0627. The molecule has 1 amide bonds. The zero-order valence-corrected chi connectivity index (χ0v) is 36.1. The second-order valence-electron chi connectivity index (χ2n) is 18.4. The van der Waals surface area contributed by atoms with Crippen LogP contribution in [0.3, 0.4) is 0 Å². The number of carbonyl (C=O) groups excluding carboxylic acids is 4. The van der Waals surface area contributed by atoms with E-state index in [1.807, 2.05) is 38.1 Å². The number of amides is 1. The molecule has 1 aromatic carbocycles. The fourth-order valence-corrected chi connectivity index (χ4v) is 7.39. The minimum absolute atomic E-state index is 0.00639. The highest BCUT2D eigenvalue weighted by molar-refractivity contribution is 5.87.